The average Bonchev–Trinajstić information content (AvgIpc) is 2.02. The van der Waals surface area contributed by atoms with E-state index >= 15 is 0 Å². The second-order valence-electron chi connectivity index (χ2n) is 4.35. The number of rotatable bonds is 2. The van der Waals surface area contributed by atoms with E-state index in [4.69, 9.17) is 4.74 Å². The molecule has 13 heavy (non-hydrogen) atoms. The van der Waals surface area contributed by atoms with E-state index < -0.39 is 0 Å². The maximum atomic E-state index is 5.45. The Labute approximate surface area is 79.2 Å². The molecular weight excluding hydrogens is 164 g/mol. The van der Waals surface area contributed by atoms with Gasteiger partial charge in [-0.25, -0.2) is 4.98 Å². The zero-order chi connectivity index (χ0) is 9.90. The first-order valence-electron chi connectivity index (χ1n) is 4.39. The predicted octanol–water partition coefficient (Wildman–Crippen LogP) is 2.21. The van der Waals surface area contributed by atoms with Gasteiger partial charge in [0.15, 0.2) is 0 Å². The van der Waals surface area contributed by atoms with Gasteiger partial charge in [0.25, 0.3) is 0 Å². The third kappa shape index (κ3) is 3.87. The molecule has 0 aliphatic rings. The van der Waals surface area contributed by atoms with Crippen LogP contribution < -0.4 is 4.74 Å². The molecule has 0 spiro atoms. The fourth-order valence-electron chi connectivity index (χ4n) is 0.746. The van der Waals surface area contributed by atoms with Crippen LogP contribution in [0.1, 0.15) is 26.5 Å². The van der Waals surface area contributed by atoms with Crippen molar-refractivity contribution in [1.82, 2.24) is 9.97 Å². The normalized spacial score (nSPS) is 11.4. The van der Waals surface area contributed by atoms with Crippen molar-refractivity contribution in [2.45, 2.75) is 27.7 Å². The van der Waals surface area contributed by atoms with Gasteiger partial charge in [-0.05, 0) is 12.3 Å². The van der Waals surface area contributed by atoms with Gasteiger partial charge in [0, 0.05) is 0 Å². The van der Waals surface area contributed by atoms with Gasteiger partial charge in [0.2, 0.25) is 5.88 Å². The van der Waals surface area contributed by atoms with Crippen LogP contribution in [0.3, 0.4) is 0 Å². The van der Waals surface area contributed by atoms with Crippen LogP contribution in [0, 0.1) is 12.3 Å². The summed E-state index contributed by atoms with van der Waals surface area (Å²) in [6.07, 6.45) is 3.36. The first kappa shape index (κ1) is 9.96. The van der Waals surface area contributed by atoms with Crippen molar-refractivity contribution in [3.8, 4) is 5.88 Å². The molecule has 1 heterocycles. The van der Waals surface area contributed by atoms with Crippen molar-refractivity contribution >= 4 is 0 Å². The molecule has 0 unspecified atom stereocenters. The third-order valence-corrected chi connectivity index (χ3v) is 1.41. The lowest BCUT2D eigenvalue weighted by atomic mass is 9.99. The standard InChI is InChI=1S/C10H16N2O/c1-8-5-12-9(6-11-8)13-7-10(2,3)4/h5-6H,7H2,1-4H3. The van der Waals surface area contributed by atoms with Crippen LogP contribution in [-0.2, 0) is 0 Å². The van der Waals surface area contributed by atoms with Crippen LogP contribution in [0.5, 0.6) is 5.88 Å². The zero-order valence-electron chi connectivity index (χ0n) is 8.66. The molecule has 0 bridgehead atoms. The molecule has 1 aromatic rings. The molecule has 0 aliphatic carbocycles. The van der Waals surface area contributed by atoms with E-state index in [1.807, 2.05) is 6.92 Å². The highest BCUT2D eigenvalue weighted by molar-refractivity contribution is 5.05. The molecule has 3 heteroatoms. The summed E-state index contributed by atoms with van der Waals surface area (Å²) in [6, 6.07) is 0. The average molecular weight is 180 g/mol. The quantitative estimate of drug-likeness (QED) is 0.700. The van der Waals surface area contributed by atoms with Crippen LogP contribution in [-0.4, -0.2) is 16.6 Å². The number of ether oxygens (including phenoxy) is 1. The Morgan fingerprint density at radius 2 is 1.92 bits per heavy atom. The van der Waals surface area contributed by atoms with Crippen molar-refractivity contribution < 1.29 is 4.74 Å². The summed E-state index contributed by atoms with van der Waals surface area (Å²) in [5.41, 5.74) is 1.06. The fourth-order valence-corrected chi connectivity index (χ4v) is 0.746. The Morgan fingerprint density at radius 3 is 2.38 bits per heavy atom. The summed E-state index contributed by atoms with van der Waals surface area (Å²) in [5.74, 6) is 0.598. The first-order valence-corrected chi connectivity index (χ1v) is 4.39. The summed E-state index contributed by atoms with van der Waals surface area (Å²) in [7, 11) is 0. The fraction of sp³-hybridized carbons (Fsp3) is 0.600. The SMILES string of the molecule is Cc1cnc(OCC(C)(C)C)cn1. The third-order valence-electron chi connectivity index (χ3n) is 1.41. The van der Waals surface area contributed by atoms with E-state index in [9.17, 15) is 0 Å². The monoisotopic (exact) mass is 180 g/mol. The second kappa shape index (κ2) is 3.73. The molecule has 0 aromatic carbocycles. The summed E-state index contributed by atoms with van der Waals surface area (Å²) >= 11 is 0. The minimum absolute atomic E-state index is 0.159. The number of aryl methyl sites for hydroxylation is 1. The van der Waals surface area contributed by atoms with Gasteiger partial charge < -0.3 is 4.74 Å². The van der Waals surface area contributed by atoms with Crippen molar-refractivity contribution in [1.29, 1.82) is 0 Å². The van der Waals surface area contributed by atoms with Gasteiger partial charge in [-0.3, -0.25) is 4.98 Å². The first-order chi connectivity index (χ1) is 5.97. The van der Waals surface area contributed by atoms with Crippen molar-refractivity contribution in [2.24, 2.45) is 5.41 Å². The van der Waals surface area contributed by atoms with Crippen LogP contribution in [0.25, 0.3) is 0 Å². The number of nitrogens with zero attached hydrogens (tertiary/aromatic N) is 2. The topological polar surface area (TPSA) is 35.0 Å². The van der Waals surface area contributed by atoms with E-state index in [2.05, 4.69) is 30.7 Å². The predicted molar refractivity (Wildman–Crippen MR) is 51.7 cm³/mol. The van der Waals surface area contributed by atoms with Gasteiger partial charge in [-0.15, -0.1) is 0 Å². The van der Waals surface area contributed by atoms with Crippen LogP contribution >= 0.6 is 0 Å². The maximum absolute atomic E-state index is 5.45. The van der Waals surface area contributed by atoms with E-state index in [-0.39, 0.29) is 5.41 Å². The molecule has 0 N–H and O–H groups in total. The minimum Gasteiger partial charge on any atom is -0.476 e. The van der Waals surface area contributed by atoms with Crippen LogP contribution in [0.15, 0.2) is 12.4 Å². The summed E-state index contributed by atoms with van der Waals surface area (Å²) < 4.78 is 5.45. The van der Waals surface area contributed by atoms with Gasteiger partial charge in [-0.2, -0.15) is 0 Å². The van der Waals surface area contributed by atoms with E-state index in [0.717, 1.165) is 5.69 Å². The molecule has 0 fully saturated rings. The molecule has 0 amide bonds. The number of hydrogen-bond donors (Lipinski definition) is 0. The minimum atomic E-state index is 0.159. The van der Waals surface area contributed by atoms with E-state index in [0.29, 0.717) is 12.5 Å². The lowest BCUT2D eigenvalue weighted by Gasteiger charge is -2.17. The zero-order valence-corrected chi connectivity index (χ0v) is 8.66. The molecule has 0 saturated carbocycles. The van der Waals surface area contributed by atoms with Crippen LogP contribution in [0.4, 0.5) is 0 Å². The molecule has 0 saturated heterocycles. The molecular formula is C10H16N2O. The molecule has 3 nitrogen and oxygen atoms in total. The van der Waals surface area contributed by atoms with E-state index in [1.54, 1.807) is 12.4 Å². The van der Waals surface area contributed by atoms with Crippen molar-refractivity contribution in [3.05, 3.63) is 18.1 Å². The second-order valence-corrected chi connectivity index (χ2v) is 4.35. The highest BCUT2D eigenvalue weighted by Gasteiger charge is 2.11. The summed E-state index contributed by atoms with van der Waals surface area (Å²) in [6.45, 7) is 8.92. The lowest BCUT2D eigenvalue weighted by Crippen LogP contribution is -2.17. The Kier molecular flexibility index (Phi) is 2.86. The molecule has 72 valence electrons. The molecule has 1 aromatic heterocycles. The smallest absolute Gasteiger partial charge is 0.232 e. The molecule has 0 aliphatic heterocycles. The van der Waals surface area contributed by atoms with Gasteiger partial charge in [0.05, 0.1) is 24.7 Å². The van der Waals surface area contributed by atoms with E-state index in [1.165, 1.54) is 0 Å². The number of aromatic nitrogens is 2. The Hall–Kier alpha value is -1.12. The van der Waals surface area contributed by atoms with Crippen molar-refractivity contribution in [2.75, 3.05) is 6.61 Å². The highest BCUT2D eigenvalue weighted by Crippen LogP contribution is 2.14. The highest BCUT2D eigenvalue weighted by atomic mass is 16.5. The molecule has 0 radical (unpaired) electrons. The summed E-state index contributed by atoms with van der Waals surface area (Å²) in [4.78, 5) is 8.19. The Bertz CT molecular complexity index is 261. The molecule has 1 rings (SSSR count). The van der Waals surface area contributed by atoms with Gasteiger partial charge in [0.1, 0.15) is 0 Å². The lowest BCUT2D eigenvalue weighted by molar-refractivity contribution is 0.190. The summed E-state index contributed by atoms with van der Waals surface area (Å²) in [5, 5.41) is 0. The van der Waals surface area contributed by atoms with Gasteiger partial charge in [-0.1, -0.05) is 20.8 Å². The largest absolute Gasteiger partial charge is 0.476 e. The van der Waals surface area contributed by atoms with Gasteiger partial charge >= 0.3 is 0 Å². The Balaban J connectivity index is 2.51. The van der Waals surface area contributed by atoms with Crippen molar-refractivity contribution in [3.63, 3.8) is 0 Å². The Morgan fingerprint density at radius 1 is 1.23 bits per heavy atom. The van der Waals surface area contributed by atoms with Crippen LogP contribution in [0.2, 0.25) is 0 Å². The molecule has 0 atom stereocenters. The number of hydrogen-bond acceptors (Lipinski definition) is 3. The maximum Gasteiger partial charge on any atom is 0.232 e.